The largest absolute Gasteiger partial charge is 0.497 e. The van der Waals surface area contributed by atoms with Crippen molar-refractivity contribution < 1.29 is 9.26 Å². The first kappa shape index (κ1) is 7.86. The maximum Gasteiger partial charge on any atom is 0.167 e. The van der Waals surface area contributed by atoms with E-state index in [-0.39, 0.29) is 0 Å². The van der Waals surface area contributed by atoms with Crippen molar-refractivity contribution in [1.82, 2.24) is 5.16 Å². The van der Waals surface area contributed by atoms with E-state index in [0.29, 0.717) is 5.76 Å². The van der Waals surface area contributed by atoms with E-state index in [9.17, 15) is 0 Å². The first-order valence-corrected chi connectivity index (χ1v) is 3.87. The van der Waals surface area contributed by atoms with Gasteiger partial charge in [0.05, 0.1) is 13.3 Å². The van der Waals surface area contributed by atoms with Gasteiger partial charge in [-0.15, -0.1) is 0 Å². The highest BCUT2D eigenvalue weighted by Crippen LogP contribution is 2.20. The molecule has 0 N–H and O–H groups in total. The predicted octanol–water partition coefficient (Wildman–Crippen LogP) is 2.15. The van der Waals surface area contributed by atoms with Crippen molar-refractivity contribution in [1.29, 1.82) is 0 Å². The Kier molecular flexibility index (Phi) is 2.00. The minimum absolute atomic E-state index is 0.711. The molecule has 0 spiro atoms. The van der Waals surface area contributed by atoms with Crippen molar-refractivity contribution in [3.63, 3.8) is 0 Å². The molecule has 1 aromatic heterocycles. The summed E-state index contributed by atoms with van der Waals surface area (Å²) in [5.41, 5.74) is 0.873. The van der Waals surface area contributed by atoms with Gasteiger partial charge in [0.15, 0.2) is 5.76 Å². The van der Waals surface area contributed by atoms with Crippen LogP contribution in [0.25, 0.3) is 11.3 Å². The van der Waals surface area contributed by atoms with Crippen LogP contribution in [0.2, 0.25) is 0 Å². The van der Waals surface area contributed by atoms with E-state index >= 15 is 0 Å². The van der Waals surface area contributed by atoms with Crippen LogP contribution in [0.5, 0.6) is 5.75 Å². The third kappa shape index (κ3) is 1.54. The van der Waals surface area contributed by atoms with Crippen molar-refractivity contribution in [2.75, 3.05) is 7.11 Å². The molecule has 0 amide bonds. The molecule has 0 unspecified atom stereocenters. The third-order valence-electron chi connectivity index (χ3n) is 1.72. The van der Waals surface area contributed by atoms with E-state index in [0.717, 1.165) is 11.3 Å². The summed E-state index contributed by atoms with van der Waals surface area (Å²) in [4.78, 5) is 0. The van der Waals surface area contributed by atoms with Crippen molar-refractivity contribution >= 4 is 0 Å². The number of benzene rings is 1. The third-order valence-corrected chi connectivity index (χ3v) is 1.72. The zero-order valence-electron chi connectivity index (χ0n) is 7.15. The molecule has 3 nitrogen and oxygen atoms in total. The van der Waals surface area contributed by atoms with Gasteiger partial charge < -0.3 is 9.26 Å². The number of nitrogens with zero attached hydrogens (tertiary/aromatic N) is 1. The highest BCUT2D eigenvalue weighted by atomic mass is 16.5. The number of hydrogen-bond acceptors (Lipinski definition) is 3. The molecule has 0 aliphatic heterocycles. The molecule has 3 heteroatoms. The second-order valence-electron chi connectivity index (χ2n) is 2.52. The summed E-state index contributed by atoms with van der Waals surface area (Å²) < 4.78 is 9.98. The lowest BCUT2D eigenvalue weighted by Gasteiger charge is -1.98. The van der Waals surface area contributed by atoms with Gasteiger partial charge in [-0.2, -0.15) is 0 Å². The van der Waals surface area contributed by atoms with Gasteiger partial charge in [-0.25, -0.2) is 0 Å². The Morgan fingerprint density at radius 1 is 1.38 bits per heavy atom. The van der Waals surface area contributed by atoms with Crippen LogP contribution >= 0.6 is 0 Å². The summed E-state index contributed by atoms with van der Waals surface area (Å²) in [6.07, 6.45) is 1.60. The van der Waals surface area contributed by atoms with Crippen molar-refractivity contribution in [3.8, 4) is 17.1 Å². The van der Waals surface area contributed by atoms with Crippen LogP contribution in [0.3, 0.4) is 0 Å². The molecule has 0 aliphatic rings. The van der Waals surface area contributed by atoms with Crippen LogP contribution in [0.1, 0.15) is 0 Å². The van der Waals surface area contributed by atoms with Crippen LogP contribution in [0.4, 0.5) is 0 Å². The molecule has 65 valence electrons. The number of ether oxygens (including phenoxy) is 1. The Balaban J connectivity index is 2.33. The lowest BCUT2D eigenvalue weighted by molar-refractivity contribution is 0.414. The topological polar surface area (TPSA) is 35.3 Å². The zero-order valence-corrected chi connectivity index (χ0v) is 7.15. The molecule has 0 fully saturated rings. The number of hydrogen-bond donors (Lipinski definition) is 0. The summed E-state index contributed by atoms with van der Waals surface area (Å²) >= 11 is 0. The fourth-order valence-electron chi connectivity index (χ4n) is 1.05. The highest BCUT2D eigenvalue weighted by Gasteiger charge is 2.01. The summed E-state index contributed by atoms with van der Waals surface area (Å²) in [5, 5.41) is 3.61. The molecule has 0 atom stereocenters. The van der Waals surface area contributed by atoms with Gasteiger partial charge in [-0.3, -0.25) is 0 Å². The van der Waals surface area contributed by atoms with Gasteiger partial charge in [0, 0.05) is 11.6 Å². The standard InChI is InChI=1S/C10H8NO2/c1-12-9-4-2-8(3-5-9)10-6-7-11-13-10/h2,4-7H,1H3. The average Bonchev–Trinajstić information content (AvgIpc) is 2.71. The normalized spacial score (nSPS) is 9.92. The Morgan fingerprint density at radius 2 is 2.31 bits per heavy atom. The minimum atomic E-state index is 0.711. The van der Waals surface area contributed by atoms with Gasteiger partial charge in [-0.1, -0.05) is 5.16 Å². The molecule has 2 aromatic rings. The van der Waals surface area contributed by atoms with Gasteiger partial charge in [0.1, 0.15) is 5.75 Å². The first-order chi connectivity index (χ1) is 6.40. The average molecular weight is 174 g/mol. The van der Waals surface area contributed by atoms with Gasteiger partial charge in [-0.05, 0) is 24.3 Å². The fraction of sp³-hybridized carbons (Fsp3) is 0.100. The molecule has 0 saturated carbocycles. The quantitative estimate of drug-likeness (QED) is 0.699. The summed E-state index contributed by atoms with van der Waals surface area (Å²) in [6.45, 7) is 0. The predicted molar refractivity (Wildman–Crippen MR) is 47.3 cm³/mol. The smallest absolute Gasteiger partial charge is 0.167 e. The molecule has 0 aliphatic carbocycles. The second kappa shape index (κ2) is 3.31. The van der Waals surface area contributed by atoms with E-state index in [1.165, 1.54) is 0 Å². The Morgan fingerprint density at radius 3 is 2.85 bits per heavy atom. The van der Waals surface area contributed by atoms with Crippen molar-refractivity contribution in [2.45, 2.75) is 0 Å². The Bertz CT molecular complexity index is 364. The monoisotopic (exact) mass is 174 g/mol. The number of rotatable bonds is 2. The van der Waals surface area contributed by atoms with Crippen LogP contribution < -0.4 is 4.74 Å². The molecule has 1 aromatic carbocycles. The minimum Gasteiger partial charge on any atom is -0.497 e. The maximum absolute atomic E-state index is 5.01. The highest BCUT2D eigenvalue weighted by molar-refractivity contribution is 5.56. The summed E-state index contributed by atoms with van der Waals surface area (Å²) in [6, 6.07) is 10.3. The molecule has 2 rings (SSSR count). The summed E-state index contributed by atoms with van der Waals surface area (Å²) in [7, 11) is 1.62. The molecule has 13 heavy (non-hydrogen) atoms. The van der Waals surface area contributed by atoms with Crippen molar-refractivity contribution in [2.24, 2.45) is 0 Å². The van der Waals surface area contributed by atoms with Crippen LogP contribution in [-0.4, -0.2) is 12.3 Å². The van der Waals surface area contributed by atoms with E-state index in [4.69, 9.17) is 9.26 Å². The van der Waals surface area contributed by atoms with Gasteiger partial charge in [0.25, 0.3) is 0 Å². The maximum atomic E-state index is 5.01. The molecule has 1 radical (unpaired) electrons. The molecule has 0 saturated heterocycles. The number of methoxy groups -OCH3 is 1. The van der Waals surface area contributed by atoms with Crippen LogP contribution in [-0.2, 0) is 0 Å². The fourth-order valence-corrected chi connectivity index (χ4v) is 1.05. The number of aromatic nitrogens is 1. The molecular weight excluding hydrogens is 166 g/mol. The molecule has 1 heterocycles. The summed E-state index contributed by atoms with van der Waals surface area (Å²) in [5.74, 6) is 1.49. The molecular formula is C10H8NO2. The first-order valence-electron chi connectivity index (χ1n) is 3.87. The second-order valence-corrected chi connectivity index (χ2v) is 2.52. The molecule has 0 bridgehead atoms. The van der Waals surface area contributed by atoms with Gasteiger partial charge in [0.2, 0.25) is 0 Å². The Hall–Kier alpha value is -1.77. The zero-order chi connectivity index (χ0) is 9.10. The Labute approximate surface area is 75.9 Å². The van der Waals surface area contributed by atoms with E-state index in [1.54, 1.807) is 25.4 Å². The van der Waals surface area contributed by atoms with Crippen LogP contribution in [0.15, 0.2) is 35.0 Å². The van der Waals surface area contributed by atoms with E-state index < -0.39 is 0 Å². The van der Waals surface area contributed by atoms with E-state index in [2.05, 4.69) is 11.2 Å². The van der Waals surface area contributed by atoms with E-state index in [1.807, 2.05) is 12.1 Å². The lowest BCUT2D eigenvalue weighted by Crippen LogP contribution is -1.81. The lowest BCUT2D eigenvalue weighted by atomic mass is 10.2. The van der Waals surface area contributed by atoms with Crippen LogP contribution in [0, 0.1) is 6.07 Å². The SMILES string of the molecule is COc1c[c]c(-c2ccno2)cc1. The van der Waals surface area contributed by atoms with Gasteiger partial charge >= 0.3 is 0 Å². The van der Waals surface area contributed by atoms with Crippen molar-refractivity contribution in [3.05, 3.63) is 36.5 Å².